The Labute approximate surface area is 167 Å². The van der Waals surface area contributed by atoms with Gasteiger partial charge in [0.15, 0.2) is 6.10 Å². The van der Waals surface area contributed by atoms with E-state index in [1.807, 2.05) is 0 Å². The van der Waals surface area contributed by atoms with Crippen LogP contribution in [0.2, 0.25) is 0 Å². The van der Waals surface area contributed by atoms with Gasteiger partial charge in [0.2, 0.25) is 0 Å². The maximum atomic E-state index is 12.3. The number of hydrogen-bond acceptors (Lipinski definition) is 6. The number of methoxy groups -OCH3 is 1. The molecule has 3 aromatic rings. The molecule has 0 saturated carbocycles. The fraction of sp³-hybridized carbons (Fsp3) is 0.190. The summed E-state index contributed by atoms with van der Waals surface area (Å²) in [4.78, 5) is 23.1. The number of furan rings is 1. The molecular weight excluding hydrogens is 376 g/mol. The summed E-state index contributed by atoms with van der Waals surface area (Å²) in [6.45, 7) is 1.85. The van der Waals surface area contributed by atoms with Crippen molar-refractivity contribution >= 4 is 11.6 Å². The first-order valence-corrected chi connectivity index (χ1v) is 8.87. The zero-order valence-corrected chi connectivity index (χ0v) is 16.0. The largest absolute Gasteiger partial charge is 0.497 e. The molecule has 1 amide bonds. The average molecular weight is 396 g/mol. The monoisotopic (exact) mass is 396 g/mol. The van der Waals surface area contributed by atoms with E-state index in [2.05, 4.69) is 5.32 Å². The van der Waals surface area contributed by atoms with Crippen LogP contribution in [0.1, 0.15) is 12.7 Å². The van der Waals surface area contributed by atoms with E-state index < -0.39 is 11.0 Å². The molecule has 3 rings (SSSR count). The molecule has 1 heterocycles. The van der Waals surface area contributed by atoms with E-state index >= 15 is 0 Å². The lowest BCUT2D eigenvalue weighted by Gasteiger charge is -2.17. The Bertz CT molecular complexity index is 983. The van der Waals surface area contributed by atoms with Crippen molar-refractivity contribution < 1.29 is 23.6 Å². The zero-order chi connectivity index (χ0) is 20.8. The molecule has 0 bridgehead atoms. The van der Waals surface area contributed by atoms with Crippen LogP contribution in [0, 0.1) is 10.1 Å². The Balaban J connectivity index is 1.81. The zero-order valence-electron chi connectivity index (χ0n) is 16.0. The number of nitrogens with zero attached hydrogens (tertiary/aromatic N) is 1. The number of rotatable bonds is 8. The summed E-state index contributed by atoms with van der Waals surface area (Å²) in [6, 6.07) is 14.8. The Morgan fingerprint density at radius 1 is 1.21 bits per heavy atom. The van der Waals surface area contributed by atoms with Crippen LogP contribution in [0.4, 0.5) is 5.69 Å². The van der Waals surface area contributed by atoms with Gasteiger partial charge in [0.25, 0.3) is 11.6 Å². The molecule has 150 valence electrons. The standard InChI is InChI=1S/C21H20N2O6/c1-14(21(24)22-13-18-4-3-11-28-18)29-20-10-7-16(23(25)26)12-19(20)15-5-8-17(27-2)9-6-15/h3-12,14H,13H2,1-2H3,(H,22,24)/t14-/m1/s1. The van der Waals surface area contributed by atoms with E-state index in [9.17, 15) is 14.9 Å². The van der Waals surface area contributed by atoms with E-state index in [0.717, 1.165) is 0 Å². The summed E-state index contributed by atoms with van der Waals surface area (Å²) in [7, 11) is 1.56. The van der Waals surface area contributed by atoms with Crippen LogP contribution in [0.5, 0.6) is 11.5 Å². The first-order chi connectivity index (χ1) is 14.0. The molecule has 0 aliphatic heterocycles. The predicted octanol–water partition coefficient (Wildman–Crippen LogP) is 3.95. The lowest BCUT2D eigenvalue weighted by Crippen LogP contribution is -2.35. The predicted molar refractivity (Wildman–Crippen MR) is 106 cm³/mol. The van der Waals surface area contributed by atoms with Crippen molar-refractivity contribution in [1.82, 2.24) is 5.32 Å². The summed E-state index contributed by atoms with van der Waals surface area (Å²) in [5, 5.41) is 13.9. The fourth-order valence-electron chi connectivity index (χ4n) is 2.71. The second-order valence-corrected chi connectivity index (χ2v) is 6.22. The lowest BCUT2D eigenvalue weighted by molar-refractivity contribution is -0.384. The Kier molecular flexibility index (Phi) is 6.13. The Morgan fingerprint density at radius 3 is 2.59 bits per heavy atom. The summed E-state index contributed by atoms with van der Waals surface area (Å²) >= 11 is 0. The number of hydrogen-bond donors (Lipinski definition) is 1. The van der Waals surface area contributed by atoms with E-state index in [0.29, 0.717) is 28.4 Å². The van der Waals surface area contributed by atoms with Gasteiger partial charge >= 0.3 is 0 Å². The number of non-ortho nitro benzene ring substituents is 1. The van der Waals surface area contributed by atoms with Gasteiger partial charge in [-0.3, -0.25) is 14.9 Å². The van der Waals surface area contributed by atoms with Gasteiger partial charge in [-0.2, -0.15) is 0 Å². The molecule has 8 heteroatoms. The molecule has 0 radical (unpaired) electrons. The number of nitro benzene ring substituents is 1. The summed E-state index contributed by atoms with van der Waals surface area (Å²) < 4.78 is 16.2. The number of carbonyl (C=O) groups is 1. The van der Waals surface area contributed by atoms with Gasteiger partial charge in [0.1, 0.15) is 17.3 Å². The molecule has 8 nitrogen and oxygen atoms in total. The topological polar surface area (TPSA) is 104 Å². The highest BCUT2D eigenvalue weighted by Crippen LogP contribution is 2.35. The molecule has 0 fully saturated rings. The third-order valence-electron chi connectivity index (χ3n) is 4.26. The second-order valence-electron chi connectivity index (χ2n) is 6.22. The highest BCUT2D eigenvalue weighted by molar-refractivity contribution is 5.81. The third kappa shape index (κ3) is 4.92. The number of benzene rings is 2. The van der Waals surface area contributed by atoms with Gasteiger partial charge < -0.3 is 19.2 Å². The minimum absolute atomic E-state index is 0.0712. The van der Waals surface area contributed by atoms with Crippen molar-refractivity contribution in [2.75, 3.05) is 7.11 Å². The highest BCUT2D eigenvalue weighted by Gasteiger charge is 2.19. The minimum Gasteiger partial charge on any atom is -0.497 e. The molecule has 0 aliphatic rings. The number of carbonyl (C=O) groups excluding carboxylic acids is 1. The van der Waals surface area contributed by atoms with Crippen molar-refractivity contribution in [1.29, 1.82) is 0 Å². The van der Waals surface area contributed by atoms with Crippen LogP contribution in [0.25, 0.3) is 11.1 Å². The van der Waals surface area contributed by atoms with E-state index in [-0.39, 0.29) is 18.1 Å². The third-order valence-corrected chi connectivity index (χ3v) is 4.26. The maximum Gasteiger partial charge on any atom is 0.270 e. The molecule has 1 atom stereocenters. The van der Waals surface area contributed by atoms with Crippen LogP contribution in [-0.2, 0) is 11.3 Å². The van der Waals surface area contributed by atoms with E-state index in [4.69, 9.17) is 13.9 Å². The van der Waals surface area contributed by atoms with Crippen molar-refractivity contribution in [2.24, 2.45) is 0 Å². The van der Waals surface area contributed by atoms with E-state index in [1.54, 1.807) is 50.4 Å². The highest BCUT2D eigenvalue weighted by atomic mass is 16.6. The average Bonchev–Trinajstić information content (AvgIpc) is 3.26. The Hall–Kier alpha value is -3.81. The number of nitrogens with one attached hydrogen (secondary N) is 1. The fourth-order valence-corrected chi connectivity index (χ4v) is 2.71. The van der Waals surface area contributed by atoms with Crippen molar-refractivity contribution in [2.45, 2.75) is 19.6 Å². The van der Waals surface area contributed by atoms with Gasteiger partial charge in [-0.25, -0.2) is 0 Å². The molecule has 29 heavy (non-hydrogen) atoms. The first kappa shape index (κ1) is 19.9. The van der Waals surface area contributed by atoms with Crippen LogP contribution < -0.4 is 14.8 Å². The van der Waals surface area contributed by atoms with Crippen LogP contribution >= 0.6 is 0 Å². The van der Waals surface area contributed by atoms with E-state index in [1.165, 1.54) is 24.5 Å². The minimum atomic E-state index is -0.816. The van der Waals surface area contributed by atoms with Crippen LogP contribution in [0.15, 0.2) is 65.3 Å². The maximum absolute atomic E-state index is 12.3. The molecule has 1 N–H and O–H groups in total. The SMILES string of the molecule is COc1ccc(-c2cc([N+](=O)[O-])ccc2O[C@H](C)C(=O)NCc2ccco2)cc1. The quantitative estimate of drug-likeness (QED) is 0.457. The summed E-state index contributed by atoms with van der Waals surface area (Å²) in [6.07, 6.45) is 0.711. The summed E-state index contributed by atoms with van der Waals surface area (Å²) in [5.41, 5.74) is 1.14. The molecule has 0 saturated heterocycles. The van der Waals surface area contributed by atoms with Crippen molar-refractivity contribution in [3.8, 4) is 22.6 Å². The van der Waals surface area contributed by atoms with Crippen molar-refractivity contribution in [3.63, 3.8) is 0 Å². The molecule has 0 aliphatic carbocycles. The molecule has 0 spiro atoms. The molecule has 1 aromatic heterocycles. The van der Waals surface area contributed by atoms with Gasteiger partial charge in [-0.05, 0) is 42.8 Å². The van der Waals surface area contributed by atoms with Gasteiger partial charge in [0.05, 0.1) is 24.8 Å². The molecule has 0 unspecified atom stereocenters. The molecule has 2 aromatic carbocycles. The van der Waals surface area contributed by atoms with Crippen LogP contribution in [-0.4, -0.2) is 24.0 Å². The number of amides is 1. The first-order valence-electron chi connectivity index (χ1n) is 8.87. The Morgan fingerprint density at radius 2 is 1.97 bits per heavy atom. The lowest BCUT2D eigenvalue weighted by atomic mass is 10.0. The summed E-state index contributed by atoms with van der Waals surface area (Å²) in [5.74, 6) is 1.31. The second kappa shape index (κ2) is 8.92. The normalized spacial score (nSPS) is 11.5. The van der Waals surface area contributed by atoms with Gasteiger partial charge in [0, 0.05) is 17.7 Å². The number of ether oxygens (including phenoxy) is 2. The number of nitro groups is 1. The van der Waals surface area contributed by atoms with Gasteiger partial charge in [-0.15, -0.1) is 0 Å². The molecular formula is C21H20N2O6. The van der Waals surface area contributed by atoms with Crippen molar-refractivity contribution in [3.05, 3.63) is 76.7 Å². The smallest absolute Gasteiger partial charge is 0.270 e. The van der Waals surface area contributed by atoms with Crippen LogP contribution in [0.3, 0.4) is 0 Å². The van der Waals surface area contributed by atoms with Gasteiger partial charge in [-0.1, -0.05) is 12.1 Å².